The zero-order valence-corrected chi connectivity index (χ0v) is 19.2. The molecule has 2 heterocycles. The second-order valence-corrected chi connectivity index (χ2v) is 8.51. The number of carbonyl (C=O) groups excluding carboxylic acids is 1. The number of hydrogen-bond donors (Lipinski definition) is 2. The molecule has 182 valence electrons. The maximum atomic E-state index is 12.6. The summed E-state index contributed by atoms with van der Waals surface area (Å²) in [4.78, 5) is 24.6. The molecular formula is C22H22N6O6S. The van der Waals surface area contributed by atoms with Gasteiger partial charge in [0.2, 0.25) is 0 Å². The number of nitrogen functional groups attached to an aromatic ring is 1. The summed E-state index contributed by atoms with van der Waals surface area (Å²) in [5, 5.41) is 0. The van der Waals surface area contributed by atoms with Gasteiger partial charge >= 0.3 is 10.3 Å². The van der Waals surface area contributed by atoms with Gasteiger partial charge in [-0.2, -0.15) is 8.42 Å². The van der Waals surface area contributed by atoms with Gasteiger partial charge in [0.15, 0.2) is 11.5 Å². The summed E-state index contributed by atoms with van der Waals surface area (Å²) in [5.74, 6) is -0.396. The number of nitrogens with two attached hydrogens (primary N) is 1. The van der Waals surface area contributed by atoms with E-state index in [1.54, 1.807) is 22.8 Å². The Morgan fingerprint density at radius 2 is 1.77 bits per heavy atom. The molecule has 2 aromatic carbocycles. The molecule has 0 spiro atoms. The van der Waals surface area contributed by atoms with Crippen LogP contribution in [0.3, 0.4) is 0 Å². The van der Waals surface area contributed by atoms with E-state index >= 15 is 0 Å². The van der Waals surface area contributed by atoms with E-state index in [4.69, 9.17) is 19.4 Å². The smallest absolute Gasteiger partial charge is 0.362 e. The zero-order valence-electron chi connectivity index (χ0n) is 18.4. The number of ether oxygens (including phenoxy) is 2. The first-order valence-corrected chi connectivity index (χ1v) is 11.8. The van der Waals surface area contributed by atoms with Gasteiger partial charge in [-0.3, -0.25) is 13.5 Å². The van der Waals surface area contributed by atoms with E-state index in [0.717, 1.165) is 5.56 Å². The molecule has 3 N–H and O–H groups in total. The number of fused-ring (bicyclic) bond motifs is 1. The van der Waals surface area contributed by atoms with Gasteiger partial charge in [-0.05, 0) is 17.7 Å². The van der Waals surface area contributed by atoms with Crippen molar-refractivity contribution >= 4 is 33.2 Å². The third-order valence-electron chi connectivity index (χ3n) is 4.71. The average Bonchev–Trinajstić information content (AvgIpc) is 3.27. The van der Waals surface area contributed by atoms with Crippen LogP contribution in [0.5, 0.6) is 5.75 Å². The van der Waals surface area contributed by atoms with Crippen molar-refractivity contribution in [2.24, 2.45) is 0 Å². The molecule has 0 aliphatic heterocycles. The van der Waals surface area contributed by atoms with Gasteiger partial charge in [0.25, 0.3) is 5.91 Å². The Morgan fingerprint density at radius 3 is 2.60 bits per heavy atom. The minimum Gasteiger partial charge on any atom is -0.488 e. The third kappa shape index (κ3) is 6.29. The fourth-order valence-corrected chi connectivity index (χ4v) is 3.76. The van der Waals surface area contributed by atoms with Crippen molar-refractivity contribution < 1.29 is 26.9 Å². The van der Waals surface area contributed by atoms with Crippen LogP contribution in [-0.2, 0) is 32.6 Å². The van der Waals surface area contributed by atoms with Crippen molar-refractivity contribution in [1.29, 1.82) is 0 Å². The van der Waals surface area contributed by atoms with Crippen LogP contribution < -0.4 is 15.2 Å². The Kier molecular flexibility index (Phi) is 7.50. The predicted octanol–water partition coefficient (Wildman–Crippen LogP) is 1.65. The van der Waals surface area contributed by atoms with E-state index in [1.807, 2.05) is 35.1 Å². The van der Waals surface area contributed by atoms with Crippen molar-refractivity contribution in [3.63, 3.8) is 0 Å². The number of benzene rings is 2. The molecule has 35 heavy (non-hydrogen) atoms. The van der Waals surface area contributed by atoms with Crippen molar-refractivity contribution in [3.05, 3.63) is 78.4 Å². The number of nitrogens with zero attached hydrogens (tertiary/aromatic N) is 4. The molecule has 2 aromatic heterocycles. The van der Waals surface area contributed by atoms with Crippen LogP contribution in [0.25, 0.3) is 11.2 Å². The average molecular weight is 499 g/mol. The molecule has 0 bridgehead atoms. The summed E-state index contributed by atoms with van der Waals surface area (Å²) in [6, 6.07) is 15.7. The number of amides is 1. The molecule has 0 unspecified atom stereocenters. The van der Waals surface area contributed by atoms with Crippen molar-refractivity contribution in [1.82, 2.24) is 24.2 Å². The second kappa shape index (κ2) is 10.9. The molecule has 0 atom stereocenters. The lowest BCUT2D eigenvalue weighted by Gasteiger charge is -2.12. The Labute approximate surface area is 200 Å². The number of nitrogens with one attached hydrogen (secondary N) is 1. The van der Waals surface area contributed by atoms with Crippen LogP contribution in [0, 0.1) is 0 Å². The van der Waals surface area contributed by atoms with E-state index in [9.17, 15) is 13.2 Å². The van der Waals surface area contributed by atoms with Crippen LogP contribution in [0.2, 0.25) is 0 Å². The standard InChI is InChI=1S/C22H22N6O6S/c23-20-19-21(25-13-24-20)28(14-26-19)15-32-10-11-34-35(30,31)27-22(29)17-8-4-5-9-18(17)33-12-16-6-2-1-3-7-16/h1-9,13-14H,10-12,15H2,(H,27,29)(H2,23,24,25). The van der Waals surface area contributed by atoms with Gasteiger partial charge in [0, 0.05) is 0 Å². The number of imidazole rings is 1. The van der Waals surface area contributed by atoms with E-state index in [0.29, 0.717) is 11.2 Å². The van der Waals surface area contributed by atoms with E-state index in [1.165, 1.54) is 18.7 Å². The summed E-state index contributed by atoms with van der Waals surface area (Å²) >= 11 is 0. The summed E-state index contributed by atoms with van der Waals surface area (Å²) in [7, 11) is -4.38. The summed E-state index contributed by atoms with van der Waals surface area (Å²) < 4.78 is 43.8. The lowest BCUT2D eigenvalue weighted by Crippen LogP contribution is -2.33. The zero-order chi connectivity index (χ0) is 24.7. The first-order chi connectivity index (χ1) is 16.9. The molecule has 0 radical (unpaired) electrons. The lowest BCUT2D eigenvalue weighted by atomic mass is 10.2. The number of para-hydroxylation sites is 1. The highest BCUT2D eigenvalue weighted by Crippen LogP contribution is 2.20. The Hall–Kier alpha value is -4.07. The quantitative estimate of drug-likeness (QED) is 0.291. The van der Waals surface area contributed by atoms with Crippen LogP contribution in [0.4, 0.5) is 5.82 Å². The third-order valence-corrected chi connectivity index (χ3v) is 5.62. The summed E-state index contributed by atoms with van der Waals surface area (Å²) in [6.07, 6.45) is 2.78. The number of rotatable bonds is 11. The van der Waals surface area contributed by atoms with Gasteiger partial charge < -0.3 is 15.2 Å². The second-order valence-electron chi connectivity index (χ2n) is 7.16. The number of anilines is 1. The van der Waals surface area contributed by atoms with E-state index < -0.39 is 16.2 Å². The SMILES string of the molecule is Nc1ncnc2c1ncn2COCCOS(=O)(=O)NC(=O)c1ccccc1OCc1ccccc1. The Morgan fingerprint density at radius 1 is 1.00 bits per heavy atom. The normalized spacial score (nSPS) is 11.4. The van der Waals surface area contributed by atoms with Gasteiger partial charge in [0.05, 0.1) is 25.1 Å². The molecule has 0 aliphatic carbocycles. The molecule has 0 saturated carbocycles. The molecular weight excluding hydrogens is 476 g/mol. The topological polar surface area (TPSA) is 161 Å². The maximum absolute atomic E-state index is 12.6. The molecule has 12 nitrogen and oxygen atoms in total. The van der Waals surface area contributed by atoms with Gasteiger partial charge in [-0.15, -0.1) is 0 Å². The minimum atomic E-state index is -4.38. The highest BCUT2D eigenvalue weighted by Gasteiger charge is 2.20. The Bertz CT molecular complexity index is 1410. The number of aromatic nitrogens is 4. The molecule has 4 rings (SSSR count). The molecule has 1 amide bonds. The molecule has 0 aliphatic rings. The largest absolute Gasteiger partial charge is 0.488 e. The fraction of sp³-hybridized carbons (Fsp3) is 0.182. The Balaban J connectivity index is 1.26. The lowest BCUT2D eigenvalue weighted by molar-refractivity contribution is 0.0564. The van der Waals surface area contributed by atoms with Crippen LogP contribution >= 0.6 is 0 Å². The van der Waals surface area contributed by atoms with Gasteiger partial charge in [0.1, 0.15) is 30.9 Å². The minimum absolute atomic E-state index is 0.0366. The highest BCUT2D eigenvalue weighted by molar-refractivity contribution is 7.85. The van der Waals surface area contributed by atoms with Crippen LogP contribution in [0.15, 0.2) is 67.3 Å². The van der Waals surface area contributed by atoms with Crippen LogP contribution in [-0.4, -0.2) is 47.1 Å². The van der Waals surface area contributed by atoms with E-state index in [2.05, 4.69) is 15.0 Å². The van der Waals surface area contributed by atoms with Crippen LogP contribution in [0.1, 0.15) is 15.9 Å². The number of carbonyl (C=O) groups is 1. The first kappa shape index (κ1) is 24.1. The molecule has 0 fully saturated rings. The summed E-state index contributed by atoms with van der Waals surface area (Å²) in [5.41, 5.74) is 7.60. The van der Waals surface area contributed by atoms with Crippen molar-refractivity contribution in [2.75, 3.05) is 18.9 Å². The van der Waals surface area contributed by atoms with Gasteiger partial charge in [-0.25, -0.2) is 19.7 Å². The van der Waals surface area contributed by atoms with E-state index in [-0.39, 0.29) is 43.7 Å². The first-order valence-electron chi connectivity index (χ1n) is 10.4. The monoisotopic (exact) mass is 498 g/mol. The number of hydrogen-bond acceptors (Lipinski definition) is 10. The molecule has 4 aromatic rings. The maximum Gasteiger partial charge on any atom is 0.362 e. The predicted molar refractivity (Wildman–Crippen MR) is 125 cm³/mol. The van der Waals surface area contributed by atoms with Crippen molar-refractivity contribution in [2.45, 2.75) is 13.3 Å². The summed E-state index contributed by atoms with van der Waals surface area (Å²) in [6.45, 7) is -0.143. The van der Waals surface area contributed by atoms with Crippen molar-refractivity contribution in [3.8, 4) is 5.75 Å². The molecule has 0 saturated heterocycles. The molecule has 13 heteroatoms. The van der Waals surface area contributed by atoms with Gasteiger partial charge in [-0.1, -0.05) is 42.5 Å². The highest BCUT2D eigenvalue weighted by atomic mass is 32.2. The fourth-order valence-electron chi connectivity index (χ4n) is 3.07.